The summed E-state index contributed by atoms with van der Waals surface area (Å²) in [5, 5.41) is 1.75. The molecule has 0 aromatic carbocycles. The van der Waals surface area contributed by atoms with E-state index in [-0.39, 0.29) is 5.78 Å². The van der Waals surface area contributed by atoms with Crippen molar-refractivity contribution >= 4 is 5.78 Å². The van der Waals surface area contributed by atoms with Crippen LogP contribution in [0, 0.1) is 0 Å². The lowest BCUT2D eigenvalue weighted by Gasteiger charge is -2.06. The van der Waals surface area contributed by atoms with Crippen molar-refractivity contribution in [3.05, 3.63) is 12.3 Å². The Morgan fingerprint density at radius 1 is 1.56 bits per heavy atom. The van der Waals surface area contributed by atoms with E-state index in [2.05, 4.69) is 5.43 Å². The maximum atomic E-state index is 10.3. The minimum absolute atomic E-state index is 0.0457. The summed E-state index contributed by atoms with van der Waals surface area (Å²) in [6.07, 6.45) is 3.07. The Bertz CT molecular complexity index is 118. The molecule has 0 radical (unpaired) electrons. The van der Waals surface area contributed by atoms with Crippen molar-refractivity contribution in [2.24, 2.45) is 0 Å². The number of hydrogen-bond donors (Lipinski definition) is 1. The number of hydrogen-bond acceptors (Lipinski definition) is 3. The Hall–Kier alpha value is -0.830. The van der Waals surface area contributed by atoms with Gasteiger partial charge in [0.25, 0.3) is 0 Å². The second-order valence-electron chi connectivity index (χ2n) is 1.97. The molecule has 52 valence electrons. The second kappa shape index (κ2) is 4.09. The molecule has 0 aromatic heterocycles. The van der Waals surface area contributed by atoms with Gasteiger partial charge in [0.05, 0.1) is 0 Å². The molecule has 0 aromatic rings. The highest BCUT2D eigenvalue weighted by Gasteiger charge is 1.80. The van der Waals surface area contributed by atoms with Gasteiger partial charge >= 0.3 is 0 Å². The van der Waals surface area contributed by atoms with E-state index in [4.69, 9.17) is 0 Å². The molecule has 0 bridgehead atoms. The lowest BCUT2D eigenvalue weighted by atomic mass is 10.4. The van der Waals surface area contributed by atoms with E-state index < -0.39 is 0 Å². The van der Waals surface area contributed by atoms with Crippen LogP contribution in [-0.4, -0.2) is 24.9 Å². The lowest BCUT2D eigenvalue weighted by molar-refractivity contribution is -0.112. The molecule has 0 fully saturated rings. The van der Waals surface area contributed by atoms with Crippen molar-refractivity contribution in [2.75, 3.05) is 14.1 Å². The van der Waals surface area contributed by atoms with Crippen LogP contribution in [0.5, 0.6) is 0 Å². The summed E-state index contributed by atoms with van der Waals surface area (Å²) in [4.78, 5) is 10.3. The van der Waals surface area contributed by atoms with E-state index in [1.165, 1.54) is 13.0 Å². The molecule has 0 saturated carbocycles. The van der Waals surface area contributed by atoms with E-state index in [1.54, 1.807) is 11.2 Å². The summed E-state index contributed by atoms with van der Waals surface area (Å²) < 4.78 is 0. The first-order valence-corrected chi connectivity index (χ1v) is 2.73. The van der Waals surface area contributed by atoms with Crippen molar-refractivity contribution < 1.29 is 4.79 Å². The molecule has 0 atom stereocenters. The summed E-state index contributed by atoms with van der Waals surface area (Å²) >= 11 is 0. The number of ketones is 1. The number of allylic oxidation sites excluding steroid dienone is 1. The highest BCUT2D eigenvalue weighted by Crippen LogP contribution is 1.71. The van der Waals surface area contributed by atoms with Gasteiger partial charge in [0.1, 0.15) is 0 Å². The normalized spacial score (nSPS) is 10.7. The third-order valence-electron chi connectivity index (χ3n) is 0.651. The molecular weight excluding hydrogens is 116 g/mol. The maximum Gasteiger partial charge on any atom is 0.154 e. The summed E-state index contributed by atoms with van der Waals surface area (Å²) in [5.41, 5.74) is 2.81. The largest absolute Gasteiger partial charge is 0.327 e. The average molecular weight is 128 g/mol. The first-order chi connectivity index (χ1) is 4.13. The van der Waals surface area contributed by atoms with Gasteiger partial charge in [-0.25, -0.2) is 5.01 Å². The average Bonchev–Trinajstić information content (AvgIpc) is 1.63. The van der Waals surface area contributed by atoms with Crippen LogP contribution in [0.3, 0.4) is 0 Å². The van der Waals surface area contributed by atoms with Crippen LogP contribution in [0.4, 0.5) is 0 Å². The maximum absolute atomic E-state index is 10.3. The fourth-order valence-electron chi connectivity index (χ4n) is 0.304. The van der Waals surface area contributed by atoms with Gasteiger partial charge in [-0.05, 0) is 13.0 Å². The third-order valence-corrected chi connectivity index (χ3v) is 0.651. The van der Waals surface area contributed by atoms with Crippen LogP contribution >= 0.6 is 0 Å². The standard InChI is InChI=1S/C6H12N2O/c1-6(9)4-5-7-8(2)3/h4-5,7H,1-3H3. The molecule has 3 heteroatoms. The van der Waals surface area contributed by atoms with Crippen LogP contribution in [0.15, 0.2) is 12.3 Å². The van der Waals surface area contributed by atoms with Gasteiger partial charge in [0.15, 0.2) is 5.78 Å². The molecule has 0 aliphatic carbocycles. The zero-order valence-electron chi connectivity index (χ0n) is 6.01. The van der Waals surface area contributed by atoms with Gasteiger partial charge in [-0.3, -0.25) is 4.79 Å². The zero-order chi connectivity index (χ0) is 7.28. The summed E-state index contributed by atoms with van der Waals surface area (Å²) in [6, 6.07) is 0. The van der Waals surface area contributed by atoms with E-state index in [0.717, 1.165) is 0 Å². The highest BCUT2D eigenvalue weighted by molar-refractivity contribution is 5.87. The van der Waals surface area contributed by atoms with Gasteiger partial charge in [0.2, 0.25) is 0 Å². The van der Waals surface area contributed by atoms with Crippen molar-refractivity contribution in [3.8, 4) is 0 Å². The first-order valence-electron chi connectivity index (χ1n) is 2.73. The quantitative estimate of drug-likeness (QED) is 0.434. The molecule has 0 amide bonds. The topological polar surface area (TPSA) is 32.3 Å². The van der Waals surface area contributed by atoms with Gasteiger partial charge < -0.3 is 5.43 Å². The Morgan fingerprint density at radius 2 is 2.11 bits per heavy atom. The predicted molar refractivity (Wildman–Crippen MR) is 36.6 cm³/mol. The van der Waals surface area contributed by atoms with Crippen LogP contribution in [0.25, 0.3) is 0 Å². The molecule has 0 spiro atoms. The highest BCUT2D eigenvalue weighted by atomic mass is 16.1. The van der Waals surface area contributed by atoms with Gasteiger partial charge in [-0.2, -0.15) is 0 Å². The molecule has 1 N–H and O–H groups in total. The molecule has 0 saturated heterocycles. The number of nitrogens with one attached hydrogen (secondary N) is 1. The number of carbonyl (C=O) groups excluding carboxylic acids is 1. The van der Waals surface area contributed by atoms with Crippen molar-refractivity contribution in [1.82, 2.24) is 10.4 Å². The molecule has 3 nitrogen and oxygen atoms in total. The van der Waals surface area contributed by atoms with Crippen molar-refractivity contribution in [3.63, 3.8) is 0 Å². The first kappa shape index (κ1) is 8.17. The molecular formula is C6H12N2O. The Morgan fingerprint density at radius 3 is 2.44 bits per heavy atom. The molecule has 0 rings (SSSR count). The van der Waals surface area contributed by atoms with Crippen LogP contribution in [-0.2, 0) is 4.79 Å². The van der Waals surface area contributed by atoms with E-state index in [0.29, 0.717) is 0 Å². The number of carbonyl (C=O) groups is 1. The van der Waals surface area contributed by atoms with Crippen LogP contribution in [0.1, 0.15) is 6.92 Å². The van der Waals surface area contributed by atoms with E-state index in [1.807, 2.05) is 14.1 Å². The van der Waals surface area contributed by atoms with Gasteiger partial charge in [0, 0.05) is 20.3 Å². The Kier molecular flexibility index (Phi) is 3.71. The minimum Gasteiger partial charge on any atom is -0.327 e. The number of hydrazine groups is 1. The van der Waals surface area contributed by atoms with E-state index in [9.17, 15) is 4.79 Å². The number of nitrogens with zero attached hydrogens (tertiary/aromatic N) is 1. The molecule has 0 heterocycles. The fourth-order valence-corrected chi connectivity index (χ4v) is 0.304. The van der Waals surface area contributed by atoms with Crippen LogP contribution < -0.4 is 5.43 Å². The Labute approximate surface area is 55.3 Å². The third kappa shape index (κ3) is 7.17. The minimum atomic E-state index is 0.0457. The van der Waals surface area contributed by atoms with Gasteiger partial charge in [-0.1, -0.05) is 0 Å². The molecule has 0 aliphatic heterocycles. The summed E-state index contributed by atoms with van der Waals surface area (Å²) in [5.74, 6) is 0.0457. The zero-order valence-corrected chi connectivity index (χ0v) is 6.01. The number of rotatable bonds is 3. The van der Waals surface area contributed by atoms with Crippen molar-refractivity contribution in [1.29, 1.82) is 0 Å². The van der Waals surface area contributed by atoms with Gasteiger partial charge in [-0.15, -0.1) is 0 Å². The SMILES string of the molecule is CC(=O)C=CNN(C)C. The molecule has 0 aliphatic rings. The smallest absolute Gasteiger partial charge is 0.154 e. The monoisotopic (exact) mass is 128 g/mol. The predicted octanol–water partition coefficient (Wildman–Crippen LogP) is 0.155. The molecule has 9 heavy (non-hydrogen) atoms. The summed E-state index contributed by atoms with van der Waals surface area (Å²) in [7, 11) is 3.70. The Balaban J connectivity index is 3.36. The summed E-state index contributed by atoms with van der Waals surface area (Å²) in [6.45, 7) is 1.51. The van der Waals surface area contributed by atoms with Crippen LogP contribution in [0.2, 0.25) is 0 Å². The van der Waals surface area contributed by atoms with Crippen molar-refractivity contribution in [2.45, 2.75) is 6.92 Å². The molecule has 0 unspecified atom stereocenters. The fraction of sp³-hybridized carbons (Fsp3) is 0.500. The lowest BCUT2D eigenvalue weighted by Crippen LogP contribution is -2.24. The second-order valence-corrected chi connectivity index (χ2v) is 1.97. The van der Waals surface area contributed by atoms with E-state index >= 15 is 0 Å².